The van der Waals surface area contributed by atoms with Crippen molar-refractivity contribution in [2.75, 3.05) is 13.2 Å². The lowest BCUT2D eigenvalue weighted by Gasteiger charge is -2.20. The molecule has 6 nitrogen and oxygen atoms in total. The molecular weight excluding hydrogens is 659 g/mol. The lowest BCUT2D eigenvalue weighted by Crippen LogP contribution is -2.45. The summed E-state index contributed by atoms with van der Waals surface area (Å²) >= 11 is 0. The highest BCUT2D eigenvalue weighted by Gasteiger charge is 2.18. The zero-order chi connectivity index (χ0) is 38.7. The van der Waals surface area contributed by atoms with Gasteiger partial charge >= 0.3 is 5.97 Å². The first-order valence-corrected chi connectivity index (χ1v) is 23.1. The van der Waals surface area contributed by atoms with Crippen molar-refractivity contribution in [3.8, 4) is 0 Å². The van der Waals surface area contributed by atoms with Crippen LogP contribution in [-0.2, 0) is 14.3 Å². The van der Waals surface area contributed by atoms with E-state index in [9.17, 15) is 19.8 Å². The number of carbonyl (C=O) groups excluding carboxylic acids is 2. The van der Waals surface area contributed by atoms with Crippen LogP contribution in [0, 0.1) is 0 Å². The number of aliphatic hydroxyl groups is 2. The minimum atomic E-state index is -0.862. The molecule has 0 saturated heterocycles. The van der Waals surface area contributed by atoms with E-state index in [-0.39, 0.29) is 18.5 Å². The molecule has 6 heteroatoms. The molecule has 0 aromatic rings. The highest BCUT2D eigenvalue weighted by Crippen LogP contribution is 2.15. The van der Waals surface area contributed by atoms with Gasteiger partial charge in [-0.15, -0.1) is 0 Å². The average Bonchev–Trinajstić information content (AvgIpc) is 3.16. The second-order valence-corrected chi connectivity index (χ2v) is 15.7. The van der Waals surface area contributed by atoms with Crippen LogP contribution in [0.2, 0.25) is 0 Å². The predicted octanol–water partition coefficient (Wildman–Crippen LogP) is 13.2. The molecule has 0 aliphatic heterocycles. The van der Waals surface area contributed by atoms with E-state index in [1.165, 1.54) is 135 Å². The Hall–Kier alpha value is -1.66. The van der Waals surface area contributed by atoms with Crippen molar-refractivity contribution in [1.82, 2.24) is 5.32 Å². The summed E-state index contributed by atoms with van der Waals surface area (Å²) in [4.78, 5) is 24.3. The molecule has 1 amide bonds. The maximum atomic E-state index is 12.3. The maximum Gasteiger partial charge on any atom is 0.305 e. The SMILES string of the molecule is CCCCCCCCC/C=C/C(O)C(CO)NC(=O)CCCCCC/C=C\CCCCOC(=O)CCCCCCCCCCCCCCCCCCC. The average molecular weight is 748 g/mol. The first-order valence-electron chi connectivity index (χ1n) is 23.1. The number of aliphatic hydroxyl groups excluding tert-OH is 2. The summed E-state index contributed by atoms with van der Waals surface area (Å²) in [6.07, 6.45) is 48.9. The summed E-state index contributed by atoms with van der Waals surface area (Å²) in [5, 5.41) is 22.8. The van der Waals surface area contributed by atoms with Crippen LogP contribution in [-0.4, -0.2) is 47.4 Å². The fraction of sp³-hybridized carbons (Fsp3) is 0.872. The van der Waals surface area contributed by atoms with E-state index >= 15 is 0 Å². The summed E-state index contributed by atoms with van der Waals surface area (Å²) in [5.41, 5.74) is 0. The standard InChI is InChI=1S/C47H89NO5/c1-3-5-7-9-11-13-14-15-16-17-18-19-20-25-29-33-37-41-47(52)53-42-38-34-30-26-22-21-24-28-32-36-40-46(51)48-44(43-49)45(50)39-35-31-27-23-12-10-8-6-4-2/h22,26,35,39,44-45,49-50H,3-21,23-25,27-34,36-38,40-43H2,1-2H3,(H,48,51)/b26-22-,39-35+. The Bertz CT molecular complexity index is 828. The zero-order valence-corrected chi connectivity index (χ0v) is 35.2. The Balaban J connectivity index is 3.51. The van der Waals surface area contributed by atoms with Gasteiger partial charge in [-0.25, -0.2) is 0 Å². The van der Waals surface area contributed by atoms with E-state index < -0.39 is 12.1 Å². The molecule has 0 spiro atoms. The lowest BCUT2D eigenvalue weighted by molar-refractivity contribution is -0.143. The van der Waals surface area contributed by atoms with E-state index in [2.05, 4.69) is 31.3 Å². The van der Waals surface area contributed by atoms with Crippen molar-refractivity contribution in [2.45, 2.75) is 251 Å². The van der Waals surface area contributed by atoms with Crippen LogP contribution in [0.5, 0.6) is 0 Å². The molecule has 3 N–H and O–H groups in total. The second-order valence-electron chi connectivity index (χ2n) is 15.7. The minimum Gasteiger partial charge on any atom is -0.466 e. The summed E-state index contributed by atoms with van der Waals surface area (Å²) < 4.78 is 5.43. The Kier molecular flexibility index (Phi) is 41.7. The number of nitrogens with one attached hydrogen (secondary N) is 1. The van der Waals surface area contributed by atoms with Crippen molar-refractivity contribution in [1.29, 1.82) is 0 Å². The molecule has 2 atom stereocenters. The number of hydrogen-bond donors (Lipinski definition) is 3. The largest absolute Gasteiger partial charge is 0.466 e. The molecule has 0 aromatic carbocycles. The van der Waals surface area contributed by atoms with Crippen LogP contribution in [0.3, 0.4) is 0 Å². The van der Waals surface area contributed by atoms with Crippen molar-refractivity contribution in [2.24, 2.45) is 0 Å². The van der Waals surface area contributed by atoms with E-state index in [0.717, 1.165) is 77.0 Å². The Morgan fingerprint density at radius 2 is 0.887 bits per heavy atom. The molecule has 312 valence electrons. The van der Waals surface area contributed by atoms with Crippen LogP contribution >= 0.6 is 0 Å². The van der Waals surface area contributed by atoms with Crippen molar-refractivity contribution >= 4 is 11.9 Å². The smallest absolute Gasteiger partial charge is 0.305 e. The number of hydrogen-bond acceptors (Lipinski definition) is 5. The molecule has 0 aliphatic rings. The topological polar surface area (TPSA) is 95.9 Å². The minimum absolute atomic E-state index is 0.0358. The molecule has 0 aliphatic carbocycles. The highest BCUT2D eigenvalue weighted by molar-refractivity contribution is 5.76. The Labute approximate surface area is 329 Å². The van der Waals surface area contributed by atoms with Crippen molar-refractivity contribution < 1.29 is 24.5 Å². The van der Waals surface area contributed by atoms with E-state index in [1.807, 2.05) is 6.08 Å². The number of ether oxygens (including phenoxy) is 1. The third-order valence-corrected chi connectivity index (χ3v) is 10.5. The maximum absolute atomic E-state index is 12.3. The summed E-state index contributed by atoms with van der Waals surface area (Å²) in [5.74, 6) is -0.143. The van der Waals surface area contributed by atoms with Gasteiger partial charge in [-0.1, -0.05) is 192 Å². The number of rotatable bonds is 42. The molecule has 2 unspecified atom stereocenters. The molecule has 0 aromatic heterocycles. The van der Waals surface area contributed by atoms with E-state index in [0.29, 0.717) is 19.4 Å². The first-order chi connectivity index (χ1) is 26.0. The van der Waals surface area contributed by atoms with Crippen LogP contribution in [0.4, 0.5) is 0 Å². The van der Waals surface area contributed by atoms with Gasteiger partial charge in [-0.2, -0.15) is 0 Å². The molecule has 0 bridgehead atoms. The number of esters is 1. The van der Waals surface area contributed by atoms with Gasteiger partial charge in [0.05, 0.1) is 25.4 Å². The molecular formula is C47H89NO5. The number of unbranched alkanes of at least 4 members (excludes halogenated alkanes) is 29. The van der Waals surface area contributed by atoms with Crippen molar-refractivity contribution in [3.05, 3.63) is 24.3 Å². The van der Waals surface area contributed by atoms with Gasteiger partial charge in [0.1, 0.15) is 0 Å². The zero-order valence-electron chi connectivity index (χ0n) is 35.2. The Morgan fingerprint density at radius 1 is 0.509 bits per heavy atom. The van der Waals surface area contributed by atoms with Gasteiger partial charge in [-0.3, -0.25) is 9.59 Å². The lowest BCUT2D eigenvalue weighted by atomic mass is 10.0. The van der Waals surface area contributed by atoms with Crippen LogP contribution in [0.15, 0.2) is 24.3 Å². The van der Waals surface area contributed by atoms with Crippen LogP contribution in [0.1, 0.15) is 239 Å². The van der Waals surface area contributed by atoms with Gasteiger partial charge in [0, 0.05) is 12.8 Å². The molecule has 0 heterocycles. The van der Waals surface area contributed by atoms with Gasteiger partial charge in [-0.05, 0) is 57.8 Å². The molecule has 0 fully saturated rings. The first kappa shape index (κ1) is 51.3. The summed E-state index contributed by atoms with van der Waals surface area (Å²) in [6.45, 7) is 4.78. The van der Waals surface area contributed by atoms with Gasteiger partial charge < -0.3 is 20.3 Å². The normalized spacial score (nSPS) is 12.9. The fourth-order valence-electron chi connectivity index (χ4n) is 6.86. The van der Waals surface area contributed by atoms with Crippen LogP contribution < -0.4 is 5.32 Å². The molecule has 0 radical (unpaired) electrons. The summed E-state index contributed by atoms with van der Waals surface area (Å²) in [7, 11) is 0. The van der Waals surface area contributed by atoms with Crippen LogP contribution in [0.25, 0.3) is 0 Å². The second kappa shape index (κ2) is 43.1. The summed E-state index contributed by atoms with van der Waals surface area (Å²) in [6, 6.07) is -0.650. The molecule has 0 saturated carbocycles. The number of carbonyl (C=O) groups is 2. The van der Waals surface area contributed by atoms with Gasteiger partial charge in [0.2, 0.25) is 5.91 Å². The number of allylic oxidation sites excluding steroid dienone is 3. The fourth-order valence-corrected chi connectivity index (χ4v) is 6.86. The number of amides is 1. The monoisotopic (exact) mass is 748 g/mol. The third-order valence-electron chi connectivity index (χ3n) is 10.5. The van der Waals surface area contributed by atoms with Crippen molar-refractivity contribution in [3.63, 3.8) is 0 Å². The Morgan fingerprint density at radius 3 is 1.34 bits per heavy atom. The van der Waals surface area contributed by atoms with E-state index in [4.69, 9.17) is 4.74 Å². The van der Waals surface area contributed by atoms with E-state index in [1.54, 1.807) is 6.08 Å². The van der Waals surface area contributed by atoms with Gasteiger partial charge in [0.15, 0.2) is 0 Å². The molecule has 53 heavy (non-hydrogen) atoms. The van der Waals surface area contributed by atoms with Gasteiger partial charge in [0.25, 0.3) is 0 Å². The predicted molar refractivity (Wildman–Crippen MR) is 227 cm³/mol. The molecule has 0 rings (SSSR count). The highest BCUT2D eigenvalue weighted by atomic mass is 16.5. The third kappa shape index (κ3) is 39.8. The quantitative estimate of drug-likeness (QED) is 0.0328.